The van der Waals surface area contributed by atoms with Gasteiger partial charge >= 0.3 is 0 Å². The zero-order chi connectivity index (χ0) is 14.0. The van der Waals surface area contributed by atoms with Gasteiger partial charge in [0, 0.05) is 32.0 Å². The molecule has 2 fully saturated rings. The minimum Gasteiger partial charge on any atom is -0.378 e. The Labute approximate surface area is 123 Å². The van der Waals surface area contributed by atoms with Crippen molar-refractivity contribution in [2.24, 2.45) is 11.8 Å². The number of aromatic nitrogens is 1. The first-order valence-electron chi connectivity index (χ1n) is 7.01. The van der Waals surface area contributed by atoms with Crippen LogP contribution in [0.4, 0.5) is 0 Å². The predicted molar refractivity (Wildman–Crippen MR) is 76.2 cm³/mol. The first-order chi connectivity index (χ1) is 9.74. The third kappa shape index (κ3) is 2.69. The third-order valence-electron chi connectivity index (χ3n) is 4.39. The summed E-state index contributed by atoms with van der Waals surface area (Å²) >= 11 is 6.25. The summed E-state index contributed by atoms with van der Waals surface area (Å²) in [6, 6.07) is 1.95. The molecule has 0 aliphatic carbocycles. The molecule has 0 bridgehead atoms. The van der Waals surface area contributed by atoms with Gasteiger partial charge < -0.3 is 9.47 Å². The molecule has 2 aliphatic heterocycles. The second-order valence-corrected chi connectivity index (χ2v) is 6.04. The van der Waals surface area contributed by atoms with Gasteiger partial charge in [-0.1, -0.05) is 11.6 Å². The topological polar surface area (TPSA) is 69.4 Å². The first kappa shape index (κ1) is 14.2. The molecular formula is C14H20ClN3O2. The molecule has 5 nitrogen and oxygen atoms in total. The van der Waals surface area contributed by atoms with Crippen LogP contribution < -0.4 is 11.3 Å². The number of hydrogen-bond acceptors (Lipinski definition) is 5. The maximum absolute atomic E-state index is 6.25. The second-order valence-electron chi connectivity index (χ2n) is 5.63. The number of nitrogens with zero attached hydrogens (tertiary/aromatic N) is 1. The molecule has 2 saturated heterocycles. The number of pyridine rings is 1. The Balaban J connectivity index is 1.81. The van der Waals surface area contributed by atoms with E-state index in [1.54, 1.807) is 12.4 Å². The van der Waals surface area contributed by atoms with E-state index in [0.29, 0.717) is 17.5 Å². The van der Waals surface area contributed by atoms with Gasteiger partial charge in [-0.3, -0.25) is 16.3 Å². The van der Waals surface area contributed by atoms with Crippen LogP contribution in [0.5, 0.6) is 0 Å². The molecule has 3 rings (SSSR count). The van der Waals surface area contributed by atoms with E-state index in [1.807, 2.05) is 6.07 Å². The van der Waals surface area contributed by atoms with E-state index in [9.17, 15) is 0 Å². The number of hydrazine groups is 1. The Morgan fingerprint density at radius 1 is 1.50 bits per heavy atom. The molecule has 0 amide bonds. The summed E-state index contributed by atoms with van der Waals surface area (Å²) in [6.07, 6.45) is 6.29. The zero-order valence-electron chi connectivity index (χ0n) is 11.3. The van der Waals surface area contributed by atoms with Crippen molar-refractivity contribution >= 4 is 11.6 Å². The van der Waals surface area contributed by atoms with Crippen LogP contribution in [0.1, 0.15) is 30.9 Å². The van der Waals surface area contributed by atoms with E-state index in [4.69, 9.17) is 26.9 Å². The monoisotopic (exact) mass is 297 g/mol. The van der Waals surface area contributed by atoms with E-state index in [0.717, 1.165) is 38.0 Å². The fourth-order valence-corrected chi connectivity index (χ4v) is 3.57. The fourth-order valence-electron chi connectivity index (χ4n) is 3.33. The molecule has 20 heavy (non-hydrogen) atoms. The summed E-state index contributed by atoms with van der Waals surface area (Å²) < 4.78 is 11.5. The Hall–Kier alpha value is -0.720. The highest BCUT2D eigenvalue weighted by atomic mass is 35.5. The Morgan fingerprint density at radius 2 is 2.40 bits per heavy atom. The molecule has 3 unspecified atom stereocenters. The van der Waals surface area contributed by atoms with Gasteiger partial charge in [0.1, 0.15) is 0 Å². The van der Waals surface area contributed by atoms with Crippen LogP contribution in [0.15, 0.2) is 18.5 Å². The molecule has 3 atom stereocenters. The van der Waals surface area contributed by atoms with Crippen LogP contribution in [0.3, 0.4) is 0 Å². The highest BCUT2D eigenvalue weighted by molar-refractivity contribution is 6.31. The average Bonchev–Trinajstić information content (AvgIpc) is 2.90. The fraction of sp³-hybridized carbons (Fsp3) is 0.643. The van der Waals surface area contributed by atoms with Gasteiger partial charge in [-0.25, -0.2) is 0 Å². The number of ether oxygens (including phenoxy) is 2. The molecule has 1 aromatic heterocycles. The van der Waals surface area contributed by atoms with Gasteiger partial charge in [-0.2, -0.15) is 0 Å². The van der Waals surface area contributed by atoms with Gasteiger partial charge in [0.15, 0.2) is 0 Å². The zero-order valence-corrected chi connectivity index (χ0v) is 12.1. The van der Waals surface area contributed by atoms with Crippen molar-refractivity contribution < 1.29 is 9.47 Å². The Bertz CT molecular complexity index is 465. The minimum atomic E-state index is -0.127. The van der Waals surface area contributed by atoms with E-state index in [2.05, 4.69) is 10.4 Å². The standard InChI is InChI=1S/C14H20ClN3O2/c15-12-8-17-4-1-11(12)13(18-16)10-2-5-20-14(7-10)3-6-19-9-14/h1,4,8,10,13,18H,2-3,5-7,9,16H2. The first-order valence-corrected chi connectivity index (χ1v) is 7.39. The quantitative estimate of drug-likeness (QED) is 0.658. The number of hydrogen-bond donors (Lipinski definition) is 2. The highest BCUT2D eigenvalue weighted by Crippen LogP contribution is 2.41. The predicted octanol–water partition coefficient (Wildman–Crippen LogP) is 1.83. The van der Waals surface area contributed by atoms with Crippen molar-refractivity contribution in [1.82, 2.24) is 10.4 Å². The molecule has 1 aromatic rings. The van der Waals surface area contributed by atoms with E-state index in [1.165, 1.54) is 0 Å². The SMILES string of the molecule is NNC(c1ccncc1Cl)C1CCOC2(CCOC2)C1. The summed E-state index contributed by atoms with van der Waals surface area (Å²) in [7, 11) is 0. The Kier molecular flexibility index (Phi) is 4.23. The summed E-state index contributed by atoms with van der Waals surface area (Å²) in [5.41, 5.74) is 3.80. The van der Waals surface area contributed by atoms with Crippen LogP contribution in [-0.4, -0.2) is 30.4 Å². The Morgan fingerprint density at radius 3 is 3.10 bits per heavy atom. The molecule has 6 heteroatoms. The molecule has 1 spiro atoms. The summed E-state index contributed by atoms with van der Waals surface area (Å²) in [4.78, 5) is 4.03. The average molecular weight is 298 g/mol. The van der Waals surface area contributed by atoms with Crippen LogP contribution in [0.2, 0.25) is 5.02 Å². The molecule has 110 valence electrons. The van der Waals surface area contributed by atoms with Gasteiger partial charge in [-0.05, 0) is 30.4 Å². The number of nitrogens with two attached hydrogens (primary N) is 1. The van der Waals surface area contributed by atoms with Crippen LogP contribution in [-0.2, 0) is 9.47 Å². The molecule has 0 saturated carbocycles. The maximum Gasteiger partial charge on any atom is 0.0940 e. The van der Waals surface area contributed by atoms with E-state index in [-0.39, 0.29) is 11.6 Å². The lowest BCUT2D eigenvalue weighted by molar-refractivity contribution is -0.103. The van der Waals surface area contributed by atoms with Gasteiger partial charge in [0.25, 0.3) is 0 Å². The van der Waals surface area contributed by atoms with Crippen LogP contribution in [0.25, 0.3) is 0 Å². The van der Waals surface area contributed by atoms with Crippen LogP contribution in [0, 0.1) is 5.92 Å². The lowest BCUT2D eigenvalue weighted by atomic mass is 9.79. The summed E-state index contributed by atoms with van der Waals surface area (Å²) in [5, 5.41) is 0.652. The number of rotatable bonds is 3. The van der Waals surface area contributed by atoms with Gasteiger partial charge in [0.2, 0.25) is 0 Å². The molecule has 3 N–H and O–H groups in total. The normalized spacial score (nSPS) is 31.6. The van der Waals surface area contributed by atoms with Gasteiger partial charge in [0.05, 0.1) is 23.3 Å². The smallest absolute Gasteiger partial charge is 0.0940 e. The largest absolute Gasteiger partial charge is 0.378 e. The molecule has 0 aromatic carbocycles. The highest BCUT2D eigenvalue weighted by Gasteiger charge is 2.43. The van der Waals surface area contributed by atoms with Crippen molar-refractivity contribution in [3.05, 3.63) is 29.0 Å². The van der Waals surface area contributed by atoms with E-state index < -0.39 is 0 Å². The second kappa shape index (κ2) is 5.95. The minimum absolute atomic E-state index is 0.0203. The van der Waals surface area contributed by atoms with Crippen molar-refractivity contribution in [2.45, 2.75) is 30.9 Å². The number of nitrogens with one attached hydrogen (secondary N) is 1. The molecular weight excluding hydrogens is 278 g/mol. The van der Waals surface area contributed by atoms with Gasteiger partial charge in [-0.15, -0.1) is 0 Å². The molecule has 2 aliphatic rings. The van der Waals surface area contributed by atoms with Crippen LogP contribution >= 0.6 is 11.6 Å². The maximum atomic E-state index is 6.25. The summed E-state index contributed by atoms with van der Waals surface area (Å²) in [6.45, 7) is 2.21. The molecule has 3 heterocycles. The molecule has 0 radical (unpaired) electrons. The van der Waals surface area contributed by atoms with Crippen molar-refractivity contribution in [2.75, 3.05) is 19.8 Å². The van der Waals surface area contributed by atoms with Crippen molar-refractivity contribution in [1.29, 1.82) is 0 Å². The number of halogens is 1. The van der Waals surface area contributed by atoms with E-state index >= 15 is 0 Å². The lowest BCUT2D eigenvalue weighted by Gasteiger charge is -2.40. The van der Waals surface area contributed by atoms with Crippen molar-refractivity contribution in [3.8, 4) is 0 Å². The summed E-state index contributed by atoms with van der Waals surface area (Å²) in [5.74, 6) is 6.18. The third-order valence-corrected chi connectivity index (χ3v) is 4.70. The lowest BCUT2D eigenvalue weighted by Crippen LogP contribution is -2.45. The van der Waals surface area contributed by atoms with Crippen molar-refractivity contribution in [3.63, 3.8) is 0 Å².